The first-order valence-corrected chi connectivity index (χ1v) is 13.8. The predicted octanol–water partition coefficient (Wildman–Crippen LogP) is -1.77. The van der Waals surface area contributed by atoms with Gasteiger partial charge in [0, 0.05) is 30.1 Å². The van der Waals surface area contributed by atoms with Crippen molar-refractivity contribution in [3.05, 3.63) is 36.0 Å². The predicted molar refractivity (Wildman–Crippen MR) is 158 cm³/mol. The van der Waals surface area contributed by atoms with E-state index in [-0.39, 0.29) is 38.2 Å². The number of para-hydroxylation sites is 1. The van der Waals surface area contributed by atoms with Gasteiger partial charge in [-0.2, -0.15) is 0 Å². The Kier molecular flexibility index (Phi) is 13.9. The number of carbonyl (C=O) groups excluding carboxylic acids is 3. The van der Waals surface area contributed by atoms with E-state index in [2.05, 4.69) is 25.9 Å². The number of hydrogen-bond donors (Lipinski definition) is 10. The number of aromatic nitrogens is 1. The number of aliphatic imine (C=N–C) groups is 1. The van der Waals surface area contributed by atoms with Crippen LogP contribution >= 0.6 is 0 Å². The van der Waals surface area contributed by atoms with Crippen LogP contribution in [0.5, 0.6) is 0 Å². The van der Waals surface area contributed by atoms with Gasteiger partial charge in [0.2, 0.25) is 17.7 Å². The largest absolute Gasteiger partial charge is 0.481 e. The lowest BCUT2D eigenvalue weighted by Gasteiger charge is -2.25. The summed E-state index contributed by atoms with van der Waals surface area (Å²) in [4.78, 5) is 69.4. The Morgan fingerprint density at radius 1 is 0.860 bits per heavy atom. The molecule has 4 atom stereocenters. The fourth-order valence-corrected chi connectivity index (χ4v) is 4.36. The average molecular weight is 604 g/mol. The number of carboxylic acids is 2. The van der Waals surface area contributed by atoms with E-state index in [0.717, 1.165) is 10.9 Å². The Bertz CT molecular complexity index is 1290. The molecule has 16 heteroatoms. The molecule has 0 fully saturated rings. The highest BCUT2D eigenvalue weighted by molar-refractivity contribution is 5.95. The molecule has 0 radical (unpaired) electrons. The molecule has 0 aliphatic rings. The molecule has 1 aromatic carbocycles. The number of nitrogens with two attached hydrogens (primary N) is 4. The van der Waals surface area contributed by atoms with Crippen LogP contribution in [0.4, 0.5) is 0 Å². The standard InChI is InChI=1S/C27H41N9O7/c28-10-4-3-8-20(26(42)43)35-25(41)21(12-15-14-33-18-7-2-1-6-16(15)18)36-24(40)19(9-5-11-32-27(30)31)34-23(39)17(29)13-22(37)38/h1-2,6-7,14,17,19-21,33H,3-5,8-13,28-29H2,(H,34,39)(H,35,41)(H,36,40)(H,37,38)(H,42,43)(H4,30,31,32). The lowest BCUT2D eigenvalue weighted by atomic mass is 10.0. The van der Waals surface area contributed by atoms with E-state index in [1.54, 1.807) is 6.20 Å². The maximum atomic E-state index is 13.5. The summed E-state index contributed by atoms with van der Waals surface area (Å²) in [5.74, 6) is -5.09. The number of unbranched alkanes of at least 4 members (excludes halogenated alkanes) is 1. The van der Waals surface area contributed by atoms with Crippen LogP contribution in [0.2, 0.25) is 0 Å². The highest BCUT2D eigenvalue weighted by atomic mass is 16.4. The molecule has 1 heterocycles. The van der Waals surface area contributed by atoms with Crippen molar-refractivity contribution in [2.24, 2.45) is 27.9 Å². The molecule has 16 nitrogen and oxygen atoms in total. The van der Waals surface area contributed by atoms with Gasteiger partial charge in [-0.3, -0.25) is 24.2 Å². The first-order valence-electron chi connectivity index (χ1n) is 13.8. The highest BCUT2D eigenvalue weighted by Crippen LogP contribution is 2.19. The van der Waals surface area contributed by atoms with E-state index in [4.69, 9.17) is 28.0 Å². The summed E-state index contributed by atoms with van der Waals surface area (Å²) in [5.41, 5.74) is 23.4. The number of benzene rings is 1. The number of nitrogens with one attached hydrogen (secondary N) is 4. The third kappa shape index (κ3) is 11.6. The maximum absolute atomic E-state index is 13.5. The molecule has 2 aromatic rings. The Hall–Kier alpha value is -4.70. The Morgan fingerprint density at radius 2 is 1.49 bits per heavy atom. The molecule has 43 heavy (non-hydrogen) atoms. The summed E-state index contributed by atoms with van der Waals surface area (Å²) < 4.78 is 0. The molecule has 14 N–H and O–H groups in total. The second-order valence-electron chi connectivity index (χ2n) is 10.0. The van der Waals surface area contributed by atoms with E-state index in [0.29, 0.717) is 24.9 Å². The van der Waals surface area contributed by atoms with Gasteiger partial charge in [-0.25, -0.2) is 4.79 Å². The smallest absolute Gasteiger partial charge is 0.326 e. The van der Waals surface area contributed by atoms with Crippen molar-refractivity contribution >= 4 is 46.5 Å². The molecule has 236 valence electrons. The number of H-pyrrole nitrogens is 1. The van der Waals surface area contributed by atoms with Gasteiger partial charge in [-0.05, 0) is 50.3 Å². The Labute approximate surface area is 248 Å². The monoisotopic (exact) mass is 603 g/mol. The zero-order valence-corrected chi connectivity index (χ0v) is 23.8. The first-order chi connectivity index (χ1) is 20.4. The molecule has 4 unspecified atom stereocenters. The molecule has 0 bridgehead atoms. The number of guanidine groups is 1. The summed E-state index contributed by atoms with van der Waals surface area (Å²) in [6, 6.07) is 2.19. The first kappa shape index (κ1) is 34.5. The summed E-state index contributed by atoms with van der Waals surface area (Å²) in [7, 11) is 0. The minimum atomic E-state index is -1.43. The van der Waals surface area contributed by atoms with E-state index in [9.17, 15) is 29.1 Å². The number of aliphatic carboxylic acids is 2. The number of rotatable bonds is 19. The van der Waals surface area contributed by atoms with Gasteiger partial charge in [-0.1, -0.05) is 18.2 Å². The van der Waals surface area contributed by atoms with Crippen molar-refractivity contribution < 1.29 is 34.2 Å². The van der Waals surface area contributed by atoms with Crippen molar-refractivity contribution in [2.45, 2.75) is 69.1 Å². The third-order valence-electron chi connectivity index (χ3n) is 6.60. The number of amides is 3. The number of carbonyl (C=O) groups is 5. The second-order valence-corrected chi connectivity index (χ2v) is 10.0. The number of carboxylic acid groups (broad SMARTS) is 2. The fraction of sp³-hybridized carbons (Fsp3) is 0.481. The van der Waals surface area contributed by atoms with E-state index < -0.39 is 60.2 Å². The average Bonchev–Trinajstić information content (AvgIpc) is 3.35. The van der Waals surface area contributed by atoms with Gasteiger partial charge in [0.1, 0.15) is 18.1 Å². The van der Waals surface area contributed by atoms with Crippen molar-refractivity contribution in [1.29, 1.82) is 0 Å². The maximum Gasteiger partial charge on any atom is 0.326 e. The Balaban J connectivity index is 2.32. The topological polar surface area (TPSA) is 294 Å². The molecule has 0 saturated carbocycles. The number of nitrogens with zero attached hydrogens (tertiary/aromatic N) is 1. The summed E-state index contributed by atoms with van der Waals surface area (Å²) in [6.45, 7) is 0.497. The fourth-order valence-electron chi connectivity index (χ4n) is 4.36. The van der Waals surface area contributed by atoms with Crippen LogP contribution in [-0.2, 0) is 30.4 Å². The summed E-state index contributed by atoms with van der Waals surface area (Å²) in [5, 5.41) is 27.0. The molecule has 3 amide bonds. The van der Waals surface area contributed by atoms with Gasteiger partial charge >= 0.3 is 11.9 Å². The normalized spacial score (nSPS) is 13.7. The minimum absolute atomic E-state index is 0.01000. The van der Waals surface area contributed by atoms with E-state index >= 15 is 0 Å². The number of fused-ring (bicyclic) bond motifs is 1. The van der Waals surface area contributed by atoms with Crippen LogP contribution in [0.1, 0.15) is 44.1 Å². The van der Waals surface area contributed by atoms with Crippen LogP contribution in [-0.4, -0.2) is 88.1 Å². The summed E-state index contributed by atoms with van der Waals surface area (Å²) in [6.07, 6.45) is 2.44. The molecule has 0 aliphatic heterocycles. The minimum Gasteiger partial charge on any atom is -0.481 e. The van der Waals surface area contributed by atoms with Gasteiger partial charge in [-0.15, -0.1) is 0 Å². The van der Waals surface area contributed by atoms with Crippen molar-refractivity contribution in [3.63, 3.8) is 0 Å². The van der Waals surface area contributed by atoms with E-state index in [1.165, 1.54) is 0 Å². The van der Waals surface area contributed by atoms with Crippen LogP contribution in [0.3, 0.4) is 0 Å². The van der Waals surface area contributed by atoms with Gasteiger partial charge < -0.3 is 54.1 Å². The molecule has 0 aliphatic carbocycles. The van der Waals surface area contributed by atoms with Crippen LogP contribution in [0.15, 0.2) is 35.5 Å². The third-order valence-corrected chi connectivity index (χ3v) is 6.60. The highest BCUT2D eigenvalue weighted by Gasteiger charge is 2.31. The molecular weight excluding hydrogens is 562 g/mol. The SMILES string of the molecule is NCCCCC(NC(=O)C(Cc1c[nH]c2ccccc12)NC(=O)C(CCCN=C(N)N)NC(=O)C(N)CC(=O)O)C(=O)O. The second kappa shape index (κ2) is 17.3. The number of hydrogen-bond acceptors (Lipinski definition) is 8. The molecule has 2 rings (SSSR count). The van der Waals surface area contributed by atoms with Crippen LogP contribution in [0, 0.1) is 0 Å². The number of aromatic amines is 1. The van der Waals surface area contributed by atoms with Crippen molar-refractivity contribution in [3.8, 4) is 0 Å². The van der Waals surface area contributed by atoms with Crippen molar-refractivity contribution in [1.82, 2.24) is 20.9 Å². The Morgan fingerprint density at radius 3 is 2.14 bits per heavy atom. The molecular formula is C27H41N9O7. The van der Waals surface area contributed by atoms with Crippen molar-refractivity contribution in [2.75, 3.05) is 13.1 Å². The van der Waals surface area contributed by atoms with Crippen LogP contribution < -0.4 is 38.9 Å². The zero-order chi connectivity index (χ0) is 31.9. The van der Waals surface area contributed by atoms with Gasteiger partial charge in [0.25, 0.3) is 0 Å². The summed E-state index contributed by atoms with van der Waals surface area (Å²) >= 11 is 0. The zero-order valence-electron chi connectivity index (χ0n) is 23.8. The quantitative estimate of drug-likeness (QED) is 0.0487. The van der Waals surface area contributed by atoms with E-state index in [1.807, 2.05) is 24.3 Å². The lowest BCUT2D eigenvalue weighted by molar-refractivity contribution is -0.142. The molecule has 0 spiro atoms. The van der Waals surface area contributed by atoms with Crippen LogP contribution in [0.25, 0.3) is 10.9 Å². The molecule has 1 aromatic heterocycles. The molecule has 0 saturated heterocycles. The van der Waals surface area contributed by atoms with Gasteiger partial charge in [0.05, 0.1) is 12.5 Å². The lowest BCUT2D eigenvalue weighted by Crippen LogP contribution is -2.57. The van der Waals surface area contributed by atoms with Gasteiger partial charge in [0.15, 0.2) is 5.96 Å².